The quantitative estimate of drug-likeness (QED) is 0.734. The summed E-state index contributed by atoms with van der Waals surface area (Å²) >= 11 is 2.20. The standard InChI is InChI=1S/C16H34N2S/c1-6-17-14-9-10-16(4,5)13-15(14)19-12-11-18(7-2)8-3/h14-15,17H,6-13H2,1-5H3. The topological polar surface area (TPSA) is 15.3 Å². The fraction of sp³-hybridized carbons (Fsp3) is 1.00. The molecule has 1 N–H and O–H groups in total. The van der Waals surface area contributed by atoms with Crippen LogP contribution in [0, 0.1) is 5.41 Å². The predicted octanol–water partition coefficient (Wildman–Crippen LogP) is 3.62. The lowest BCUT2D eigenvalue weighted by molar-refractivity contribution is 0.215. The minimum Gasteiger partial charge on any atom is -0.313 e. The van der Waals surface area contributed by atoms with Gasteiger partial charge in [-0.1, -0.05) is 34.6 Å². The molecule has 19 heavy (non-hydrogen) atoms. The Bertz CT molecular complexity index is 239. The van der Waals surface area contributed by atoms with Crippen LogP contribution in [0.3, 0.4) is 0 Å². The van der Waals surface area contributed by atoms with Crippen molar-refractivity contribution in [2.45, 2.75) is 65.2 Å². The number of hydrogen-bond donors (Lipinski definition) is 1. The highest BCUT2D eigenvalue weighted by molar-refractivity contribution is 8.00. The SMILES string of the molecule is CCNC1CCC(C)(C)CC1SCCN(CC)CC. The van der Waals surface area contributed by atoms with Crippen molar-refractivity contribution in [1.82, 2.24) is 10.2 Å². The van der Waals surface area contributed by atoms with E-state index in [0.29, 0.717) is 5.41 Å². The highest BCUT2D eigenvalue weighted by atomic mass is 32.2. The molecule has 0 aliphatic heterocycles. The molecule has 0 saturated heterocycles. The molecule has 2 unspecified atom stereocenters. The molecular weight excluding hydrogens is 252 g/mol. The van der Waals surface area contributed by atoms with E-state index < -0.39 is 0 Å². The van der Waals surface area contributed by atoms with Crippen LogP contribution in [0.25, 0.3) is 0 Å². The Morgan fingerprint density at radius 1 is 1.21 bits per heavy atom. The van der Waals surface area contributed by atoms with Gasteiger partial charge in [0.15, 0.2) is 0 Å². The van der Waals surface area contributed by atoms with E-state index in [1.807, 2.05) is 0 Å². The largest absolute Gasteiger partial charge is 0.313 e. The highest BCUT2D eigenvalue weighted by Gasteiger charge is 2.34. The van der Waals surface area contributed by atoms with Crippen LogP contribution >= 0.6 is 11.8 Å². The molecule has 1 rings (SSSR count). The van der Waals surface area contributed by atoms with Crippen molar-refractivity contribution < 1.29 is 0 Å². The number of thioether (sulfide) groups is 1. The second-order valence-electron chi connectivity index (χ2n) is 6.51. The molecule has 0 aromatic rings. The average Bonchev–Trinajstić information content (AvgIpc) is 2.37. The molecule has 0 aromatic heterocycles. The van der Waals surface area contributed by atoms with Crippen molar-refractivity contribution in [2.75, 3.05) is 31.9 Å². The zero-order valence-electron chi connectivity index (χ0n) is 13.7. The zero-order chi connectivity index (χ0) is 14.3. The minimum absolute atomic E-state index is 0.540. The Kier molecular flexibility index (Phi) is 7.78. The third kappa shape index (κ3) is 6.05. The summed E-state index contributed by atoms with van der Waals surface area (Å²) in [6.45, 7) is 16.4. The normalized spacial score (nSPS) is 26.8. The first-order valence-corrected chi connectivity index (χ1v) is 9.14. The minimum atomic E-state index is 0.540. The van der Waals surface area contributed by atoms with Crippen LogP contribution in [0.15, 0.2) is 0 Å². The summed E-state index contributed by atoms with van der Waals surface area (Å²) in [5.41, 5.74) is 0.540. The van der Waals surface area contributed by atoms with Crippen molar-refractivity contribution in [1.29, 1.82) is 0 Å². The smallest absolute Gasteiger partial charge is 0.0206 e. The van der Waals surface area contributed by atoms with Gasteiger partial charge in [0.1, 0.15) is 0 Å². The van der Waals surface area contributed by atoms with Gasteiger partial charge in [0, 0.05) is 23.6 Å². The molecule has 3 heteroatoms. The molecule has 0 radical (unpaired) electrons. The summed E-state index contributed by atoms with van der Waals surface area (Å²) in [6, 6.07) is 0.736. The second kappa shape index (κ2) is 8.53. The number of hydrogen-bond acceptors (Lipinski definition) is 3. The molecule has 1 saturated carbocycles. The van der Waals surface area contributed by atoms with Gasteiger partial charge in [-0.2, -0.15) is 11.8 Å². The van der Waals surface area contributed by atoms with E-state index in [-0.39, 0.29) is 0 Å². The Morgan fingerprint density at radius 2 is 1.89 bits per heavy atom. The molecule has 0 heterocycles. The summed E-state index contributed by atoms with van der Waals surface area (Å²) in [5.74, 6) is 1.28. The third-order valence-corrected chi connectivity index (χ3v) is 5.78. The third-order valence-electron chi connectivity index (χ3n) is 4.43. The Morgan fingerprint density at radius 3 is 2.47 bits per heavy atom. The molecule has 2 atom stereocenters. The predicted molar refractivity (Wildman–Crippen MR) is 89.1 cm³/mol. The van der Waals surface area contributed by atoms with Crippen molar-refractivity contribution in [3.8, 4) is 0 Å². The fourth-order valence-corrected chi connectivity index (χ4v) is 4.76. The first-order valence-electron chi connectivity index (χ1n) is 8.09. The molecule has 0 bridgehead atoms. The lowest BCUT2D eigenvalue weighted by Crippen LogP contribution is -2.45. The van der Waals surface area contributed by atoms with E-state index in [4.69, 9.17) is 0 Å². The van der Waals surface area contributed by atoms with Crippen LogP contribution < -0.4 is 5.32 Å². The Balaban J connectivity index is 2.41. The van der Waals surface area contributed by atoms with Crippen LogP contribution in [0.1, 0.15) is 53.9 Å². The van der Waals surface area contributed by atoms with Gasteiger partial charge in [-0.3, -0.25) is 0 Å². The van der Waals surface area contributed by atoms with Gasteiger partial charge in [0.05, 0.1) is 0 Å². The van der Waals surface area contributed by atoms with Crippen LogP contribution in [0.5, 0.6) is 0 Å². The van der Waals surface area contributed by atoms with E-state index in [2.05, 4.69) is 56.6 Å². The summed E-state index contributed by atoms with van der Waals surface area (Å²) in [6.07, 6.45) is 4.09. The van der Waals surface area contributed by atoms with Gasteiger partial charge >= 0.3 is 0 Å². The summed E-state index contributed by atoms with van der Waals surface area (Å²) in [5, 5.41) is 4.51. The summed E-state index contributed by atoms with van der Waals surface area (Å²) in [7, 11) is 0. The number of nitrogens with one attached hydrogen (secondary N) is 1. The Hall–Kier alpha value is 0.270. The van der Waals surface area contributed by atoms with Gasteiger partial charge in [-0.05, 0) is 44.3 Å². The van der Waals surface area contributed by atoms with Crippen LogP contribution in [0.2, 0.25) is 0 Å². The van der Waals surface area contributed by atoms with Gasteiger partial charge in [0.2, 0.25) is 0 Å². The van der Waals surface area contributed by atoms with Crippen molar-refractivity contribution in [2.24, 2.45) is 5.41 Å². The molecule has 114 valence electrons. The van der Waals surface area contributed by atoms with E-state index >= 15 is 0 Å². The Labute approximate surface area is 125 Å². The van der Waals surface area contributed by atoms with E-state index in [0.717, 1.165) is 17.8 Å². The van der Waals surface area contributed by atoms with Crippen molar-refractivity contribution in [3.05, 3.63) is 0 Å². The number of nitrogens with zero attached hydrogens (tertiary/aromatic N) is 1. The second-order valence-corrected chi connectivity index (χ2v) is 7.85. The van der Waals surface area contributed by atoms with E-state index in [1.54, 1.807) is 0 Å². The highest BCUT2D eigenvalue weighted by Crippen LogP contribution is 2.40. The van der Waals surface area contributed by atoms with Crippen molar-refractivity contribution >= 4 is 11.8 Å². The molecule has 0 aromatic carbocycles. The molecule has 2 nitrogen and oxygen atoms in total. The maximum Gasteiger partial charge on any atom is 0.0206 e. The number of rotatable bonds is 8. The average molecular weight is 287 g/mol. The lowest BCUT2D eigenvalue weighted by atomic mass is 9.75. The van der Waals surface area contributed by atoms with Gasteiger partial charge < -0.3 is 10.2 Å². The molecule has 1 aliphatic rings. The molecule has 0 spiro atoms. The maximum absolute atomic E-state index is 3.70. The lowest BCUT2D eigenvalue weighted by Gasteiger charge is -2.41. The molecule has 0 amide bonds. The first-order chi connectivity index (χ1) is 9.02. The van der Waals surface area contributed by atoms with Crippen LogP contribution in [-0.4, -0.2) is 48.1 Å². The van der Waals surface area contributed by atoms with Gasteiger partial charge in [-0.25, -0.2) is 0 Å². The van der Waals surface area contributed by atoms with Gasteiger partial charge in [-0.15, -0.1) is 0 Å². The van der Waals surface area contributed by atoms with Crippen LogP contribution in [-0.2, 0) is 0 Å². The first kappa shape index (κ1) is 17.3. The maximum atomic E-state index is 3.70. The van der Waals surface area contributed by atoms with E-state index in [9.17, 15) is 0 Å². The molecule has 1 aliphatic carbocycles. The van der Waals surface area contributed by atoms with Gasteiger partial charge in [0.25, 0.3) is 0 Å². The monoisotopic (exact) mass is 286 g/mol. The van der Waals surface area contributed by atoms with Crippen molar-refractivity contribution in [3.63, 3.8) is 0 Å². The van der Waals surface area contributed by atoms with Crippen LogP contribution in [0.4, 0.5) is 0 Å². The molecular formula is C16H34N2S. The fourth-order valence-electron chi connectivity index (χ4n) is 3.06. The zero-order valence-corrected chi connectivity index (χ0v) is 14.5. The molecule has 1 fully saturated rings. The summed E-state index contributed by atoms with van der Waals surface area (Å²) < 4.78 is 0. The summed E-state index contributed by atoms with van der Waals surface area (Å²) in [4.78, 5) is 2.53. The van der Waals surface area contributed by atoms with E-state index in [1.165, 1.54) is 44.6 Å².